The first-order valence-corrected chi connectivity index (χ1v) is 6.12. The molecule has 1 heterocycles. The van der Waals surface area contributed by atoms with Gasteiger partial charge in [-0.15, -0.1) is 0 Å². The van der Waals surface area contributed by atoms with Gasteiger partial charge in [0.1, 0.15) is 5.02 Å². The van der Waals surface area contributed by atoms with E-state index in [1.807, 2.05) is 6.20 Å². The molecule has 1 aromatic heterocycles. The molecule has 7 heteroatoms. The Labute approximate surface area is 116 Å². The Kier molecular flexibility index (Phi) is 3.63. The number of nitro benzene ring substituents is 1. The van der Waals surface area contributed by atoms with Crippen molar-refractivity contribution >= 4 is 39.9 Å². The maximum Gasteiger partial charge on any atom is 0.288 e. The lowest BCUT2D eigenvalue weighted by Crippen LogP contribution is -2.00. The van der Waals surface area contributed by atoms with Gasteiger partial charge < -0.3 is 0 Å². The van der Waals surface area contributed by atoms with Crippen LogP contribution in [0.2, 0.25) is 5.02 Å². The molecule has 0 atom stereocenters. The van der Waals surface area contributed by atoms with E-state index in [0.29, 0.717) is 6.54 Å². The molecule has 2 aromatic rings. The second kappa shape index (κ2) is 5.01. The highest BCUT2D eigenvalue weighted by Gasteiger charge is 2.12. The molecule has 0 saturated heterocycles. The van der Waals surface area contributed by atoms with Gasteiger partial charge in [-0.1, -0.05) is 17.7 Å². The molecular weight excluding hydrogens is 356 g/mol. The van der Waals surface area contributed by atoms with Crippen LogP contribution in [0.4, 0.5) is 5.69 Å². The van der Waals surface area contributed by atoms with Crippen molar-refractivity contribution < 1.29 is 4.92 Å². The average molecular weight is 364 g/mol. The molecule has 0 amide bonds. The van der Waals surface area contributed by atoms with Crippen molar-refractivity contribution in [2.45, 2.75) is 6.54 Å². The van der Waals surface area contributed by atoms with E-state index >= 15 is 0 Å². The van der Waals surface area contributed by atoms with Gasteiger partial charge >= 0.3 is 0 Å². The summed E-state index contributed by atoms with van der Waals surface area (Å²) in [6, 6.07) is 4.75. The minimum absolute atomic E-state index is 0.0778. The third kappa shape index (κ3) is 2.95. The summed E-state index contributed by atoms with van der Waals surface area (Å²) in [6.45, 7) is 0.487. The van der Waals surface area contributed by atoms with Crippen LogP contribution in [0, 0.1) is 13.7 Å². The third-order valence-corrected chi connectivity index (χ3v) is 3.03. The molecule has 0 saturated carbocycles. The Bertz CT molecular complexity index is 570. The van der Waals surface area contributed by atoms with Crippen LogP contribution in [-0.4, -0.2) is 14.7 Å². The van der Waals surface area contributed by atoms with Crippen LogP contribution in [0.25, 0.3) is 0 Å². The number of nitro groups is 1. The van der Waals surface area contributed by atoms with Gasteiger partial charge in [-0.05, 0) is 34.2 Å². The number of benzene rings is 1. The molecule has 0 unspecified atom stereocenters. The van der Waals surface area contributed by atoms with Crippen molar-refractivity contribution in [3.05, 3.63) is 54.9 Å². The summed E-state index contributed by atoms with van der Waals surface area (Å²) in [6.07, 6.45) is 3.59. The molecule has 0 bridgehead atoms. The fourth-order valence-corrected chi connectivity index (χ4v) is 2.04. The second-order valence-electron chi connectivity index (χ2n) is 3.40. The summed E-state index contributed by atoms with van der Waals surface area (Å²) in [5.74, 6) is 0. The second-order valence-corrected chi connectivity index (χ2v) is 5.05. The molecule has 0 aliphatic carbocycles. The minimum Gasteiger partial charge on any atom is -0.267 e. The zero-order valence-electron chi connectivity index (χ0n) is 8.51. The zero-order valence-corrected chi connectivity index (χ0v) is 11.4. The van der Waals surface area contributed by atoms with E-state index in [1.165, 1.54) is 12.1 Å². The van der Waals surface area contributed by atoms with Crippen LogP contribution < -0.4 is 0 Å². The predicted octanol–water partition coefficient (Wildman–Crippen LogP) is 3.10. The normalized spacial score (nSPS) is 10.5. The van der Waals surface area contributed by atoms with Gasteiger partial charge in [0.2, 0.25) is 0 Å². The highest BCUT2D eigenvalue weighted by Crippen LogP contribution is 2.25. The Balaban J connectivity index is 2.28. The molecule has 0 fully saturated rings. The molecule has 17 heavy (non-hydrogen) atoms. The lowest BCUT2D eigenvalue weighted by molar-refractivity contribution is -0.384. The monoisotopic (exact) mass is 363 g/mol. The molecule has 0 N–H and O–H groups in total. The molecule has 2 rings (SSSR count). The molecule has 5 nitrogen and oxygen atoms in total. The van der Waals surface area contributed by atoms with Crippen molar-refractivity contribution in [2.24, 2.45) is 0 Å². The minimum atomic E-state index is -0.487. The van der Waals surface area contributed by atoms with Gasteiger partial charge in [-0.2, -0.15) is 5.10 Å². The molecule has 0 aliphatic rings. The van der Waals surface area contributed by atoms with E-state index in [1.54, 1.807) is 16.9 Å². The Morgan fingerprint density at radius 3 is 2.88 bits per heavy atom. The van der Waals surface area contributed by atoms with Crippen LogP contribution >= 0.6 is 34.2 Å². The maximum atomic E-state index is 10.7. The van der Waals surface area contributed by atoms with Crippen LogP contribution in [0.3, 0.4) is 0 Å². The number of hydrogen-bond acceptors (Lipinski definition) is 3. The summed E-state index contributed by atoms with van der Waals surface area (Å²) < 4.78 is 2.74. The maximum absolute atomic E-state index is 10.7. The molecule has 0 spiro atoms. The van der Waals surface area contributed by atoms with Gasteiger partial charge in [-0.3, -0.25) is 14.8 Å². The fourth-order valence-electron chi connectivity index (χ4n) is 1.41. The SMILES string of the molecule is O=[N+]([O-])c1cc(Cn2cc(I)cn2)ccc1Cl. The van der Waals surface area contributed by atoms with Crippen molar-refractivity contribution in [2.75, 3.05) is 0 Å². The topological polar surface area (TPSA) is 61.0 Å². The van der Waals surface area contributed by atoms with Crippen molar-refractivity contribution in [1.82, 2.24) is 9.78 Å². The van der Waals surface area contributed by atoms with Gasteiger partial charge in [0.05, 0.1) is 21.2 Å². The third-order valence-electron chi connectivity index (χ3n) is 2.15. The summed E-state index contributed by atoms with van der Waals surface area (Å²) in [5, 5.41) is 15.0. The Morgan fingerprint density at radius 1 is 1.53 bits per heavy atom. The largest absolute Gasteiger partial charge is 0.288 e. The van der Waals surface area contributed by atoms with Gasteiger partial charge in [0.25, 0.3) is 5.69 Å². The van der Waals surface area contributed by atoms with Crippen LogP contribution in [-0.2, 0) is 6.54 Å². The summed E-state index contributed by atoms with van der Waals surface area (Å²) in [5.41, 5.74) is 0.714. The summed E-state index contributed by atoms with van der Waals surface area (Å²) in [7, 11) is 0. The first-order valence-electron chi connectivity index (χ1n) is 4.67. The molecule has 0 radical (unpaired) electrons. The fraction of sp³-hybridized carbons (Fsp3) is 0.100. The number of aromatic nitrogens is 2. The van der Waals surface area contributed by atoms with Crippen molar-refractivity contribution in [3.63, 3.8) is 0 Å². The first kappa shape index (κ1) is 12.3. The van der Waals surface area contributed by atoms with Crippen LogP contribution in [0.1, 0.15) is 5.56 Å². The number of nitrogens with zero attached hydrogens (tertiary/aromatic N) is 3. The zero-order chi connectivity index (χ0) is 12.4. The molecular formula is C10H7ClIN3O2. The summed E-state index contributed by atoms with van der Waals surface area (Å²) in [4.78, 5) is 10.2. The summed E-state index contributed by atoms with van der Waals surface area (Å²) >= 11 is 7.89. The highest BCUT2D eigenvalue weighted by molar-refractivity contribution is 14.1. The average Bonchev–Trinajstić information content (AvgIpc) is 2.66. The smallest absolute Gasteiger partial charge is 0.267 e. The number of halogens is 2. The van der Waals surface area contributed by atoms with E-state index in [-0.39, 0.29) is 10.7 Å². The lowest BCUT2D eigenvalue weighted by Gasteiger charge is -2.02. The lowest BCUT2D eigenvalue weighted by atomic mass is 10.2. The first-order chi connectivity index (χ1) is 8.06. The molecule has 88 valence electrons. The van der Waals surface area contributed by atoms with E-state index in [2.05, 4.69) is 27.7 Å². The van der Waals surface area contributed by atoms with Crippen molar-refractivity contribution in [3.8, 4) is 0 Å². The Hall–Kier alpha value is -1.15. The Morgan fingerprint density at radius 2 is 2.29 bits per heavy atom. The van der Waals surface area contributed by atoms with E-state index in [4.69, 9.17) is 11.6 Å². The van der Waals surface area contributed by atoms with E-state index < -0.39 is 4.92 Å². The highest BCUT2D eigenvalue weighted by atomic mass is 127. The van der Waals surface area contributed by atoms with Crippen LogP contribution in [0.5, 0.6) is 0 Å². The van der Waals surface area contributed by atoms with Crippen LogP contribution in [0.15, 0.2) is 30.6 Å². The van der Waals surface area contributed by atoms with E-state index in [0.717, 1.165) is 9.13 Å². The number of rotatable bonds is 3. The van der Waals surface area contributed by atoms with Gasteiger partial charge in [-0.25, -0.2) is 0 Å². The standard InChI is InChI=1S/C10H7ClIN3O2/c11-9-2-1-7(3-10(9)15(16)17)5-14-6-8(12)4-13-14/h1-4,6H,5H2. The quantitative estimate of drug-likeness (QED) is 0.478. The predicted molar refractivity (Wildman–Crippen MR) is 72.2 cm³/mol. The molecule has 1 aromatic carbocycles. The van der Waals surface area contributed by atoms with Gasteiger partial charge in [0, 0.05) is 12.3 Å². The van der Waals surface area contributed by atoms with Crippen molar-refractivity contribution in [1.29, 1.82) is 0 Å². The number of hydrogen-bond donors (Lipinski definition) is 0. The van der Waals surface area contributed by atoms with E-state index in [9.17, 15) is 10.1 Å². The van der Waals surface area contributed by atoms with Gasteiger partial charge in [0.15, 0.2) is 0 Å². The molecule has 0 aliphatic heterocycles.